The molecule has 0 bridgehead atoms. The number of halogens is 2. The van der Waals surface area contributed by atoms with Gasteiger partial charge in [-0.15, -0.1) is 0 Å². The quantitative estimate of drug-likeness (QED) is 0.806. The van der Waals surface area contributed by atoms with Gasteiger partial charge in [-0.25, -0.2) is 8.42 Å². The van der Waals surface area contributed by atoms with Gasteiger partial charge in [-0.3, -0.25) is 9.10 Å². The second-order valence-corrected chi connectivity index (χ2v) is 8.05. The van der Waals surface area contributed by atoms with Crippen LogP contribution >= 0.6 is 23.2 Å². The lowest BCUT2D eigenvalue weighted by molar-refractivity contribution is -0.121. The summed E-state index contributed by atoms with van der Waals surface area (Å²) in [5.41, 5.74) is 0.301. The predicted octanol–water partition coefficient (Wildman–Crippen LogP) is 2.92. The number of amides is 1. The van der Waals surface area contributed by atoms with E-state index >= 15 is 0 Å². The van der Waals surface area contributed by atoms with Crippen LogP contribution in [0, 0.1) is 5.92 Å². The van der Waals surface area contributed by atoms with Crippen molar-refractivity contribution in [3.63, 3.8) is 0 Å². The number of benzene rings is 1. The number of hydrogen-bond donors (Lipinski definition) is 1. The van der Waals surface area contributed by atoms with Crippen LogP contribution in [0.5, 0.6) is 0 Å². The van der Waals surface area contributed by atoms with Gasteiger partial charge in [0.2, 0.25) is 15.9 Å². The third-order valence-electron chi connectivity index (χ3n) is 2.83. The SMILES string of the molecule is CC(C)CC(=O)NCCN(c1cccc(Cl)c1Cl)S(C)(=O)=O. The summed E-state index contributed by atoms with van der Waals surface area (Å²) in [6.07, 6.45) is 1.48. The van der Waals surface area contributed by atoms with Crippen molar-refractivity contribution >= 4 is 44.8 Å². The molecule has 0 unspecified atom stereocenters. The van der Waals surface area contributed by atoms with Crippen molar-refractivity contribution in [3.8, 4) is 0 Å². The Hall–Kier alpha value is -0.980. The minimum absolute atomic E-state index is 0.0860. The van der Waals surface area contributed by atoms with E-state index in [4.69, 9.17) is 23.2 Å². The molecule has 0 heterocycles. The first kappa shape index (κ1) is 19.1. The lowest BCUT2D eigenvalue weighted by atomic mass is 10.1. The molecule has 0 radical (unpaired) electrons. The molecule has 1 aromatic rings. The number of nitrogens with zero attached hydrogens (tertiary/aromatic N) is 1. The van der Waals surface area contributed by atoms with E-state index < -0.39 is 10.0 Å². The van der Waals surface area contributed by atoms with E-state index in [2.05, 4.69) is 5.32 Å². The van der Waals surface area contributed by atoms with Crippen molar-refractivity contribution in [1.29, 1.82) is 0 Å². The standard InChI is InChI=1S/C14H20Cl2N2O3S/c1-10(2)9-13(19)17-7-8-18(22(3,20)21)12-6-4-5-11(15)14(12)16/h4-6,10H,7-9H2,1-3H3,(H,17,19). The third-order valence-corrected chi connectivity index (χ3v) is 4.82. The van der Waals surface area contributed by atoms with E-state index in [9.17, 15) is 13.2 Å². The molecule has 0 spiro atoms. The van der Waals surface area contributed by atoms with Crippen LogP contribution in [-0.2, 0) is 14.8 Å². The number of hydrogen-bond acceptors (Lipinski definition) is 3. The Kier molecular flexibility index (Phi) is 6.97. The van der Waals surface area contributed by atoms with Crippen LogP contribution in [0.3, 0.4) is 0 Å². The molecule has 124 valence electrons. The van der Waals surface area contributed by atoms with Crippen LogP contribution in [-0.4, -0.2) is 33.7 Å². The highest BCUT2D eigenvalue weighted by atomic mass is 35.5. The molecule has 1 amide bonds. The Morgan fingerprint density at radius 1 is 1.32 bits per heavy atom. The molecular weight excluding hydrogens is 347 g/mol. The molecule has 0 aliphatic heterocycles. The first-order chi connectivity index (χ1) is 10.1. The van der Waals surface area contributed by atoms with Gasteiger partial charge < -0.3 is 5.32 Å². The average Bonchev–Trinajstić information content (AvgIpc) is 2.36. The summed E-state index contributed by atoms with van der Waals surface area (Å²) in [7, 11) is -3.54. The van der Waals surface area contributed by atoms with Crippen LogP contribution < -0.4 is 9.62 Å². The lowest BCUT2D eigenvalue weighted by Crippen LogP contribution is -2.38. The highest BCUT2D eigenvalue weighted by Crippen LogP contribution is 2.33. The molecule has 1 N–H and O–H groups in total. The maximum Gasteiger partial charge on any atom is 0.232 e. The fourth-order valence-corrected chi connectivity index (χ4v) is 3.27. The molecule has 8 heteroatoms. The van der Waals surface area contributed by atoms with Crippen molar-refractivity contribution in [2.24, 2.45) is 5.92 Å². The number of nitrogens with one attached hydrogen (secondary N) is 1. The smallest absolute Gasteiger partial charge is 0.232 e. The number of anilines is 1. The van der Waals surface area contributed by atoms with Gasteiger partial charge in [0.25, 0.3) is 0 Å². The monoisotopic (exact) mass is 366 g/mol. The minimum Gasteiger partial charge on any atom is -0.354 e. The van der Waals surface area contributed by atoms with Gasteiger partial charge in [0.15, 0.2) is 0 Å². The van der Waals surface area contributed by atoms with Gasteiger partial charge in [0.05, 0.1) is 28.5 Å². The predicted molar refractivity (Wildman–Crippen MR) is 91.1 cm³/mol. The van der Waals surface area contributed by atoms with E-state index in [0.29, 0.717) is 12.1 Å². The van der Waals surface area contributed by atoms with Gasteiger partial charge in [0.1, 0.15) is 0 Å². The highest BCUT2D eigenvalue weighted by Gasteiger charge is 2.21. The first-order valence-electron chi connectivity index (χ1n) is 6.81. The summed E-state index contributed by atoms with van der Waals surface area (Å²) >= 11 is 12.0. The van der Waals surface area contributed by atoms with Crippen molar-refractivity contribution in [1.82, 2.24) is 5.32 Å². The number of rotatable bonds is 7. The van der Waals surface area contributed by atoms with Crippen LogP contribution in [0.25, 0.3) is 0 Å². The molecule has 0 saturated carbocycles. The van der Waals surface area contributed by atoms with E-state index in [-0.39, 0.29) is 35.0 Å². The summed E-state index contributed by atoms with van der Waals surface area (Å²) in [4.78, 5) is 11.6. The largest absolute Gasteiger partial charge is 0.354 e. The summed E-state index contributed by atoms with van der Waals surface area (Å²) in [6, 6.07) is 4.78. The number of carbonyl (C=O) groups excluding carboxylic acids is 1. The fourth-order valence-electron chi connectivity index (χ4n) is 1.89. The van der Waals surface area contributed by atoms with Crippen molar-refractivity contribution in [3.05, 3.63) is 28.2 Å². The molecule has 0 aliphatic carbocycles. The number of carbonyl (C=O) groups is 1. The second-order valence-electron chi connectivity index (χ2n) is 5.36. The second kappa shape index (κ2) is 8.04. The Morgan fingerprint density at radius 3 is 2.50 bits per heavy atom. The van der Waals surface area contributed by atoms with Crippen molar-refractivity contribution in [2.45, 2.75) is 20.3 Å². The molecule has 0 fully saturated rings. The van der Waals surface area contributed by atoms with Crippen LogP contribution in [0.2, 0.25) is 10.0 Å². The molecule has 1 rings (SSSR count). The van der Waals surface area contributed by atoms with Gasteiger partial charge in [-0.2, -0.15) is 0 Å². The maximum atomic E-state index is 12.0. The normalized spacial score (nSPS) is 11.5. The van der Waals surface area contributed by atoms with E-state index in [0.717, 1.165) is 10.6 Å². The fraction of sp³-hybridized carbons (Fsp3) is 0.500. The molecule has 0 saturated heterocycles. The molecule has 0 atom stereocenters. The Balaban J connectivity index is 2.84. The maximum absolute atomic E-state index is 12.0. The molecule has 5 nitrogen and oxygen atoms in total. The molecular formula is C14H20Cl2N2O3S. The van der Waals surface area contributed by atoms with Gasteiger partial charge in [-0.1, -0.05) is 43.1 Å². The Bertz CT molecular complexity index is 633. The van der Waals surface area contributed by atoms with Crippen LogP contribution in [0.1, 0.15) is 20.3 Å². The summed E-state index contributed by atoms with van der Waals surface area (Å²) in [5.74, 6) is 0.133. The zero-order chi connectivity index (χ0) is 16.9. The van der Waals surface area contributed by atoms with E-state index in [1.54, 1.807) is 18.2 Å². The zero-order valence-electron chi connectivity index (χ0n) is 12.8. The first-order valence-corrected chi connectivity index (χ1v) is 9.41. The van der Waals surface area contributed by atoms with Crippen LogP contribution in [0.4, 0.5) is 5.69 Å². The Labute approximate surface area is 141 Å². The minimum atomic E-state index is -3.54. The summed E-state index contributed by atoms with van der Waals surface area (Å²) in [6.45, 7) is 4.16. The molecule has 0 aliphatic rings. The van der Waals surface area contributed by atoms with E-state index in [1.807, 2.05) is 13.8 Å². The molecule has 22 heavy (non-hydrogen) atoms. The van der Waals surface area contributed by atoms with Gasteiger partial charge in [0, 0.05) is 13.0 Å². The van der Waals surface area contributed by atoms with Gasteiger partial charge in [-0.05, 0) is 18.1 Å². The topological polar surface area (TPSA) is 66.5 Å². The Morgan fingerprint density at radius 2 is 1.95 bits per heavy atom. The van der Waals surface area contributed by atoms with Crippen molar-refractivity contribution in [2.75, 3.05) is 23.7 Å². The summed E-state index contributed by atoms with van der Waals surface area (Å²) < 4.78 is 25.1. The highest BCUT2D eigenvalue weighted by molar-refractivity contribution is 7.92. The van der Waals surface area contributed by atoms with E-state index in [1.165, 1.54) is 0 Å². The lowest BCUT2D eigenvalue weighted by Gasteiger charge is -2.24. The van der Waals surface area contributed by atoms with Crippen molar-refractivity contribution < 1.29 is 13.2 Å². The third kappa shape index (κ3) is 5.66. The molecule has 0 aromatic heterocycles. The summed E-state index contributed by atoms with van der Waals surface area (Å²) in [5, 5.41) is 3.14. The average molecular weight is 367 g/mol. The van der Waals surface area contributed by atoms with Gasteiger partial charge >= 0.3 is 0 Å². The van der Waals surface area contributed by atoms with Crippen LogP contribution in [0.15, 0.2) is 18.2 Å². The zero-order valence-corrected chi connectivity index (χ0v) is 15.1. The molecule has 1 aromatic carbocycles. The number of sulfonamides is 1.